The van der Waals surface area contributed by atoms with Gasteiger partial charge in [-0.1, -0.05) is 32.4 Å². The number of furan rings is 1. The lowest BCUT2D eigenvalue weighted by Crippen LogP contribution is -2.25. The molecule has 1 aromatic carbocycles. The number of benzene rings is 1. The Hall–Kier alpha value is -2.56. The highest BCUT2D eigenvalue weighted by Gasteiger charge is 2.14. The Morgan fingerprint density at radius 2 is 2.13 bits per heavy atom. The van der Waals surface area contributed by atoms with Crippen molar-refractivity contribution in [3.63, 3.8) is 0 Å². The fraction of sp³-hybridized carbons (Fsp3) is 0.333. The fourth-order valence-corrected chi connectivity index (χ4v) is 2.56. The van der Waals surface area contributed by atoms with Crippen LogP contribution in [0.2, 0.25) is 0 Å². The fourth-order valence-electron chi connectivity index (χ4n) is 2.56. The Bertz CT molecular complexity index is 790. The Balaban J connectivity index is 1.84. The number of nitrogens with one attached hydrogen (secondary N) is 1. The van der Waals surface area contributed by atoms with E-state index in [1.54, 1.807) is 12.1 Å². The van der Waals surface area contributed by atoms with E-state index in [9.17, 15) is 4.79 Å². The van der Waals surface area contributed by atoms with Crippen LogP contribution in [0.25, 0.3) is 11.0 Å². The third-order valence-electron chi connectivity index (χ3n) is 4.08. The van der Waals surface area contributed by atoms with Crippen molar-refractivity contribution in [2.24, 2.45) is 5.92 Å². The first-order valence-corrected chi connectivity index (χ1v) is 7.95. The van der Waals surface area contributed by atoms with Crippen molar-refractivity contribution >= 4 is 16.9 Å². The summed E-state index contributed by atoms with van der Waals surface area (Å²) < 4.78 is 7.32. The van der Waals surface area contributed by atoms with E-state index < -0.39 is 0 Å². The molecule has 0 saturated heterocycles. The minimum atomic E-state index is -0.225. The first kappa shape index (κ1) is 15.3. The van der Waals surface area contributed by atoms with E-state index >= 15 is 0 Å². The van der Waals surface area contributed by atoms with Crippen LogP contribution < -0.4 is 5.32 Å². The van der Waals surface area contributed by atoms with Gasteiger partial charge in [-0.25, -0.2) is 4.98 Å². The highest BCUT2D eigenvalue weighted by Crippen LogP contribution is 2.19. The van der Waals surface area contributed by atoms with Crippen molar-refractivity contribution < 1.29 is 9.21 Å². The van der Waals surface area contributed by atoms with E-state index in [0.29, 0.717) is 18.2 Å². The quantitative estimate of drug-likeness (QED) is 0.756. The largest absolute Gasteiger partial charge is 0.459 e. The maximum Gasteiger partial charge on any atom is 0.287 e. The molecule has 0 aliphatic heterocycles. The maximum atomic E-state index is 12.0. The molecule has 2 heterocycles. The second kappa shape index (κ2) is 6.69. The number of imidazole rings is 1. The van der Waals surface area contributed by atoms with Crippen LogP contribution in [0.15, 0.2) is 47.1 Å². The highest BCUT2D eigenvalue weighted by molar-refractivity contribution is 5.91. The molecule has 0 spiro atoms. The number of aromatic nitrogens is 2. The molecule has 3 aromatic rings. The molecule has 0 aliphatic carbocycles. The molecule has 0 fully saturated rings. The molecule has 0 bridgehead atoms. The van der Waals surface area contributed by atoms with Gasteiger partial charge in [0, 0.05) is 6.54 Å². The molecular weight excluding hydrogens is 290 g/mol. The number of amides is 1. The number of fused-ring (bicyclic) bond motifs is 1. The third-order valence-corrected chi connectivity index (χ3v) is 4.08. The molecule has 120 valence electrons. The van der Waals surface area contributed by atoms with E-state index in [1.807, 2.05) is 18.2 Å². The molecule has 23 heavy (non-hydrogen) atoms. The van der Waals surface area contributed by atoms with Crippen LogP contribution in [0.4, 0.5) is 0 Å². The second-order valence-corrected chi connectivity index (χ2v) is 5.80. The lowest BCUT2D eigenvalue weighted by atomic mass is 10.1. The number of hydrogen-bond donors (Lipinski definition) is 1. The topological polar surface area (TPSA) is 60.1 Å². The monoisotopic (exact) mass is 311 g/mol. The van der Waals surface area contributed by atoms with Crippen LogP contribution >= 0.6 is 0 Å². The molecule has 5 nitrogen and oxygen atoms in total. The Labute approximate surface area is 135 Å². The molecule has 2 aromatic heterocycles. The molecule has 1 N–H and O–H groups in total. The maximum absolute atomic E-state index is 12.0. The third kappa shape index (κ3) is 3.28. The van der Waals surface area contributed by atoms with E-state index in [0.717, 1.165) is 29.8 Å². The van der Waals surface area contributed by atoms with Crippen LogP contribution in [-0.4, -0.2) is 15.5 Å². The number of rotatable bonds is 6. The predicted molar refractivity (Wildman–Crippen MR) is 89.1 cm³/mol. The summed E-state index contributed by atoms with van der Waals surface area (Å²) in [6, 6.07) is 11.4. The first-order chi connectivity index (χ1) is 11.2. The number of para-hydroxylation sites is 2. The Kier molecular flexibility index (Phi) is 4.46. The molecule has 1 unspecified atom stereocenters. The van der Waals surface area contributed by atoms with Gasteiger partial charge in [0.25, 0.3) is 5.91 Å². The van der Waals surface area contributed by atoms with Gasteiger partial charge in [-0.3, -0.25) is 4.79 Å². The van der Waals surface area contributed by atoms with Crippen LogP contribution in [-0.2, 0) is 13.1 Å². The molecular formula is C18H21N3O2. The Morgan fingerprint density at radius 3 is 2.87 bits per heavy atom. The molecule has 1 amide bonds. The highest BCUT2D eigenvalue weighted by atomic mass is 16.3. The summed E-state index contributed by atoms with van der Waals surface area (Å²) in [5.41, 5.74) is 2.06. The molecule has 0 saturated carbocycles. The van der Waals surface area contributed by atoms with E-state index in [-0.39, 0.29) is 5.91 Å². The van der Waals surface area contributed by atoms with Gasteiger partial charge in [0.05, 0.1) is 23.8 Å². The zero-order valence-electron chi connectivity index (χ0n) is 13.5. The van der Waals surface area contributed by atoms with E-state index in [4.69, 9.17) is 4.42 Å². The Morgan fingerprint density at radius 1 is 1.30 bits per heavy atom. The number of nitrogens with zero attached hydrogens (tertiary/aromatic N) is 2. The van der Waals surface area contributed by atoms with Crippen LogP contribution in [0.3, 0.4) is 0 Å². The molecule has 1 atom stereocenters. The normalized spacial score (nSPS) is 12.4. The second-order valence-electron chi connectivity index (χ2n) is 5.80. The number of hydrogen-bond acceptors (Lipinski definition) is 3. The van der Waals surface area contributed by atoms with Crippen LogP contribution in [0.1, 0.15) is 36.6 Å². The smallest absolute Gasteiger partial charge is 0.287 e. The summed E-state index contributed by atoms with van der Waals surface area (Å²) in [7, 11) is 0. The van der Waals surface area contributed by atoms with Crippen molar-refractivity contribution in [1.29, 1.82) is 0 Å². The zero-order chi connectivity index (χ0) is 16.2. The minimum absolute atomic E-state index is 0.225. The van der Waals surface area contributed by atoms with Crippen molar-refractivity contribution in [3.05, 3.63) is 54.2 Å². The zero-order valence-corrected chi connectivity index (χ0v) is 13.5. The van der Waals surface area contributed by atoms with Crippen LogP contribution in [0.5, 0.6) is 0 Å². The summed E-state index contributed by atoms with van der Waals surface area (Å²) in [5.74, 6) is 1.50. The van der Waals surface area contributed by atoms with Crippen molar-refractivity contribution in [3.8, 4) is 0 Å². The first-order valence-electron chi connectivity index (χ1n) is 7.95. The van der Waals surface area contributed by atoms with Gasteiger partial charge in [0.15, 0.2) is 5.76 Å². The minimum Gasteiger partial charge on any atom is -0.459 e. The number of carbonyl (C=O) groups is 1. The molecule has 5 heteroatoms. The summed E-state index contributed by atoms with van der Waals surface area (Å²) in [6.45, 7) is 5.68. The van der Waals surface area contributed by atoms with Crippen molar-refractivity contribution in [2.45, 2.75) is 33.4 Å². The van der Waals surface area contributed by atoms with Gasteiger partial charge < -0.3 is 14.3 Å². The van der Waals surface area contributed by atoms with Crippen molar-refractivity contribution in [2.75, 3.05) is 0 Å². The van der Waals surface area contributed by atoms with E-state index in [1.165, 1.54) is 6.26 Å². The SMILES string of the molecule is CCC(C)Cn1c(CNC(=O)c2ccco2)nc2ccccc21. The van der Waals surface area contributed by atoms with E-state index in [2.05, 4.69) is 34.8 Å². The summed E-state index contributed by atoms with van der Waals surface area (Å²) in [5, 5.41) is 2.88. The van der Waals surface area contributed by atoms with Gasteiger partial charge >= 0.3 is 0 Å². The lowest BCUT2D eigenvalue weighted by molar-refractivity contribution is 0.0921. The van der Waals surface area contributed by atoms with Gasteiger partial charge in [-0.15, -0.1) is 0 Å². The van der Waals surface area contributed by atoms with Crippen LogP contribution in [0, 0.1) is 5.92 Å². The molecule has 0 aliphatic rings. The van der Waals surface area contributed by atoms with Gasteiger partial charge in [0.1, 0.15) is 5.82 Å². The van der Waals surface area contributed by atoms with Gasteiger partial charge in [-0.05, 0) is 30.2 Å². The predicted octanol–water partition coefficient (Wildman–Crippen LogP) is 3.61. The van der Waals surface area contributed by atoms with Gasteiger partial charge in [0.2, 0.25) is 0 Å². The summed E-state index contributed by atoms with van der Waals surface area (Å²) >= 11 is 0. The molecule has 0 radical (unpaired) electrons. The van der Waals surface area contributed by atoms with Gasteiger partial charge in [-0.2, -0.15) is 0 Å². The standard InChI is InChI=1S/C18H21N3O2/c1-3-13(2)12-21-15-8-5-4-7-14(15)20-17(21)11-19-18(22)16-9-6-10-23-16/h4-10,13H,3,11-12H2,1-2H3,(H,19,22). The average Bonchev–Trinajstić information content (AvgIpc) is 3.21. The molecule has 3 rings (SSSR count). The average molecular weight is 311 g/mol. The summed E-state index contributed by atoms with van der Waals surface area (Å²) in [6.07, 6.45) is 2.60. The lowest BCUT2D eigenvalue weighted by Gasteiger charge is -2.14. The van der Waals surface area contributed by atoms with Crippen molar-refractivity contribution in [1.82, 2.24) is 14.9 Å². The number of carbonyl (C=O) groups excluding carboxylic acids is 1. The summed E-state index contributed by atoms with van der Waals surface area (Å²) in [4.78, 5) is 16.7.